The van der Waals surface area contributed by atoms with Gasteiger partial charge in [-0.2, -0.15) is 0 Å². The maximum Gasteiger partial charge on any atom is 0.313 e. The highest BCUT2D eigenvalue weighted by Gasteiger charge is 2.48. The highest BCUT2D eigenvalue weighted by molar-refractivity contribution is 5.83. The zero-order valence-corrected chi connectivity index (χ0v) is 9.50. The van der Waals surface area contributed by atoms with Crippen LogP contribution < -0.4 is 0 Å². The molecule has 0 bridgehead atoms. The Hall–Kier alpha value is -1.06. The van der Waals surface area contributed by atoms with Gasteiger partial charge >= 0.3 is 11.9 Å². The van der Waals surface area contributed by atoms with Gasteiger partial charge in [-0.05, 0) is 33.6 Å². The maximum absolute atomic E-state index is 11.8. The average Bonchev–Trinajstić information content (AvgIpc) is 1.92. The summed E-state index contributed by atoms with van der Waals surface area (Å²) in [6.07, 6.45) is 2.07. The summed E-state index contributed by atoms with van der Waals surface area (Å²) in [5.74, 6) is -1.29. The first kappa shape index (κ1) is 12.0. The van der Waals surface area contributed by atoms with Gasteiger partial charge in [-0.3, -0.25) is 9.59 Å². The number of hydrogen-bond donors (Lipinski definition) is 1. The predicted molar refractivity (Wildman–Crippen MR) is 54.4 cm³/mol. The fourth-order valence-corrected chi connectivity index (χ4v) is 1.73. The average molecular weight is 214 g/mol. The van der Waals surface area contributed by atoms with Crippen molar-refractivity contribution in [2.75, 3.05) is 0 Å². The second-order valence-corrected chi connectivity index (χ2v) is 5.21. The molecule has 15 heavy (non-hydrogen) atoms. The number of carbonyl (C=O) groups excluding carboxylic acids is 1. The van der Waals surface area contributed by atoms with Gasteiger partial charge in [-0.25, -0.2) is 0 Å². The molecule has 1 fully saturated rings. The van der Waals surface area contributed by atoms with Gasteiger partial charge in [0.15, 0.2) is 0 Å². The molecule has 0 aromatic heterocycles. The molecule has 1 saturated carbocycles. The molecule has 86 valence electrons. The number of carbonyl (C=O) groups is 2. The summed E-state index contributed by atoms with van der Waals surface area (Å²) in [6, 6.07) is 0. The van der Waals surface area contributed by atoms with Crippen LogP contribution in [0.2, 0.25) is 0 Å². The van der Waals surface area contributed by atoms with Crippen LogP contribution in [0.1, 0.15) is 46.5 Å². The lowest BCUT2D eigenvalue weighted by Crippen LogP contribution is -2.44. The first-order chi connectivity index (χ1) is 6.75. The van der Waals surface area contributed by atoms with E-state index < -0.39 is 17.0 Å². The third-order valence-electron chi connectivity index (χ3n) is 2.63. The van der Waals surface area contributed by atoms with Crippen LogP contribution in [0, 0.1) is 5.41 Å². The lowest BCUT2D eigenvalue weighted by molar-refractivity contribution is -0.177. The van der Waals surface area contributed by atoms with Gasteiger partial charge in [0, 0.05) is 0 Å². The van der Waals surface area contributed by atoms with Gasteiger partial charge < -0.3 is 9.84 Å². The number of carboxylic acid groups (broad SMARTS) is 1. The third-order valence-corrected chi connectivity index (χ3v) is 2.63. The summed E-state index contributed by atoms with van der Waals surface area (Å²) in [4.78, 5) is 22.5. The summed E-state index contributed by atoms with van der Waals surface area (Å²) in [5.41, 5.74) is -1.29. The molecule has 0 radical (unpaired) electrons. The Labute approximate surface area is 89.6 Å². The maximum atomic E-state index is 11.8. The molecule has 0 atom stereocenters. The normalized spacial score (nSPS) is 19.1. The number of esters is 1. The van der Waals surface area contributed by atoms with Crippen molar-refractivity contribution in [1.29, 1.82) is 0 Å². The topological polar surface area (TPSA) is 63.6 Å². The third kappa shape index (κ3) is 2.94. The Kier molecular flexibility index (Phi) is 3.07. The monoisotopic (exact) mass is 214 g/mol. The van der Waals surface area contributed by atoms with Crippen LogP contribution in [-0.2, 0) is 14.3 Å². The molecule has 1 aliphatic rings. The zero-order valence-electron chi connectivity index (χ0n) is 9.50. The van der Waals surface area contributed by atoms with E-state index in [9.17, 15) is 9.59 Å². The van der Waals surface area contributed by atoms with Gasteiger partial charge in [0.1, 0.15) is 5.60 Å². The lowest BCUT2D eigenvalue weighted by Gasteiger charge is -2.39. The van der Waals surface area contributed by atoms with Crippen molar-refractivity contribution in [1.82, 2.24) is 0 Å². The van der Waals surface area contributed by atoms with E-state index in [-0.39, 0.29) is 12.4 Å². The van der Waals surface area contributed by atoms with Crippen molar-refractivity contribution in [3.8, 4) is 0 Å². The number of ether oxygens (including phenoxy) is 1. The van der Waals surface area contributed by atoms with E-state index in [2.05, 4.69) is 0 Å². The Morgan fingerprint density at radius 1 is 1.33 bits per heavy atom. The van der Waals surface area contributed by atoms with Crippen LogP contribution in [0.3, 0.4) is 0 Å². The van der Waals surface area contributed by atoms with Gasteiger partial charge in [-0.1, -0.05) is 6.42 Å². The van der Waals surface area contributed by atoms with Crippen LogP contribution in [0.5, 0.6) is 0 Å². The van der Waals surface area contributed by atoms with Gasteiger partial charge in [0.2, 0.25) is 0 Å². The Bertz CT molecular complexity index is 271. The van der Waals surface area contributed by atoms with E-state index in [1.54, 1.807) is 20.8 Å². The number of carboxylic acids is 1. The summed E-state index contributed by atoms with van der Waals surface area (Å²) in [5, 5.41) is 8.75. The fraction of sp³-hybridized carbons (Fsp3) is 0.818. The van der Waals surface area contributed by atoms with Crippen molar-refractivity contribution in [2.24, 2.45) is 5.41 Å². The molecule has 0 aliphatic heterocycles. The van der Waals surface area contributed by atoms with Crippen molar-refractivity contribution in [3.63, 3.8) is 0 Å². The number of hydrogen-bond acceptors (Lipinski definition) is 3. The minimum atomic E-state index is -0.930. The molecule has 0 spiro atoms. The van der Waals surface area contributed by atoms with Crippen molar-refractivity contribution < 1.29 is 19.4 Å². The Balaban J connectivity index is 2.66. The highest BCUT2D eigenvalue weighted by atomic mass is 16.6. The molecule has 0 saturated heterocycles. The molecule has 1 aliphatic carbocycles. The van der Waals surface area contributed by atoms with E-state index >= 15 is 0 Å². The van der Waals surface area contributed by atoms with E-state index in [4.69, 9.17) is 9.84 Å². The molecule has 1 rings (SSSR count). The molecule has 4 nitrogen and oxygen atoms in total. The van der Waals surface area contributed by atoms with E-state index in [0.717, 1.165) is 6.42 Å². The molecular formula is C11H18O4. The smallest absolute Gasteiger partial charge is 0.313 e. The van der Waals surface area contributed by atoms with Crippen LogP contribution in [0.15, 0.2) is 0 Å². The minimum absolute atomic E-state index is 0.109. The Morgan fingerprint density at radius 2 is 1.87 bits per heavy atom. The van der Waals surface area contributed by atoms with Crippen molar-refractivity contribution in [3.05, 3.63) is 0 Å². The van der Waals surface area contributed by atoms with E-state index in [0.29, 0.717) is 12.8 Å². The van der Waals surface area contributed by atoms with Gasteiger partial charge in [0.05, 0.1) is 11.8 Å². The van der Waals surface area contributed by atoms with E-state index in [1.165, 1.54) is 0 Å². The summed E-state index contributed by atoms with van der Waals surface area (Å²) < 4.78 is 5.24. The molecule has 0 heterocycles. The predicted octanol–water partition coefficient (Wildman–Crippen LogP) is 1.97. The molecule has 0 aromatic carbocycles. The standard InChI is InChI=1S/C11H18O4/c1-10(2,3)15-9(14)11(5-4-6-11)7-8(12)13/h4-7H2,1-3H3,(H,12,13). The number of aliphatic carboxylic acids is 1. The SMILES string of the molecule is CC(C)(C)OC(=O)C1(CC(=O)O)CCC1. The molecule has 4 heteroatoms. The summed E-state index contributed by atoms with van der Waals surface area (Å²) >= 11 is 0. The molecule has 0 amide bonds. The van der Waals surface area contributed by atoms with Crippen molar-refractivity contribution in [2.45, 2.75) is 52.1 Å². The molecule has 0 unspecified atom stereocenters. The van der Waals surface area contributed by atoms with Crippen LogP contribution in [-0.4, -0.2) is 22.6 Å². The van der Waals surface area contributed by atoms with Crippen LogP contribution >= 0.6 is 0 Å². The van der Waals surface area contributed by atoms with Gasteiger partial charge in [-0.15, -0.1) is 0 Å². The van der Waals surface area contributed by atoms with E-state index in [1.807, 2.05) is 0 Å². The zero-order chi connectivity index (χ0) is 11.7. The van der Waals surface area contributed by atoms with Crippen LogP contribution in [0.4, 0.5) is 0 Å². The quantitative estimate of drug-likeness (QED) is 0.729. The summed E-state index contributed by atoms with van der Waals surface area (Å²) in [7, 11) is 0. The summed E-state index contributed by atoms with van der Waals surface area (Å²) in [6.45, 7) is 5.37. The Morgan fingerprint density at radius 3 is 2.13 bits per heavy atom. The largest absolute Gasteiger partial charge is 0.481 e. The van der Waals surface area contributed by atoms with Crippen LogP contribution in [0.25, 0.3) is 0 Å². The second-order valence-electron chi connectivity index (χ2n) is 5.21. The minimum Gasteiger partial charge on any atom is -0.481 e. The van der Waals surface area contributed by atoms with Gasteiger partial charge in [0.25, 0.3) is 0 Å². The highest BCUT2D eigenvalue weighted by Crippen LogP contribution is 2.45. The first-order valence-corrected chi connectivity index (χ1v) is 5.20. The van der Waals surface area contributed by atoms with Crippen molar-refractivity contribution >= 4 is 11.9 Å². The number of rotatable bonds is 3. The molecular weight excluding hydrogens is 196 g/mol. The first-order valence-electron chi connectivity index (χ1n) is 5.20. The molecule has 0 aromatic rings. The fourth-order valence-electron chi connectivity index (χ4n) is 1.73. The molecule has 1 N–H and O–H groups in total. The lowest BCUT2D eigenvalue weighted by atomic mass is 9.66. The second kappa shape index (κ2) is 3.83.